The van der Waals surface area contributed by atoms with Crippen LogP contribution in [0.3, 0.4) is 0 Å². The predicted octanol–water partition coefficient (Wildman–Crippen LogP) is 2.57. The Hall–Kier alpha value is -3.00. The van der Waals surface area contributed by atoms with Crippen molar-refractivity contribution in [1.82, 2.24) is 10.1 Å². The number of hydrogen-bond donors (Lipinski definition) is 1. The molecule has 0 aliphatic carbocycles. The normalized spacial score (nSPS) is 10.5. The number of non-ortho nitro benzene ring substituents is 1. The van der Waals surface area contributed by atoms with Crippen LogP contribution in [0.4, 0.5) is 5.69 Å². The van der Waals surface area contributed by atoms with Crippen LogP contribution in [-0.4, -0.2) is 26.5 Å². The molecule has 24 heavy (non-hydrogen) atoms. The molecule has 0 saturated heterocycles. The zero-order valence-electron chi connectivity index (χ0n) is 12.5. The van der Waals surface area contributed by atoms with E-state index in [1.807, 2.05) is 30.3 Å². The average molecular weight is 341 g/mol. The summed E-state index contributed by atoms with van der Waals surface area (Å²) >= 11 is 1.30. The summed E-state index contributed by atoms with van der Waals surface area (Å²) in [6.07, 6.45) is 1.56. The molecule has 0 aliphatic rings. The molecule has 2 aromatic carbocycles. The number of nitro groups is 1. The molecule has 0 radical (unpaired) electrons. The van der Waals surface area contributed by atoms with Crippen molar-refractivity contribution >= 4 is 23.2 Å². The van der Waals surface area contributed by atoms with Gasteiger partial charge in [-0.2, -0.15) is 5.10 Å². The molecule has 3 rings (SSSR count). The predicted molar refractivity (Wildman–Crippen MR) is 88.3 cm³/mol. The molecular weight excluding hydrogens is 328 g/mol. The third kappa shape index (κ3) is 3.49. The molecule has 1 aromatic heterocycles. The van der Waals surface area contributed by atoms with Crippen LogP contribution in [0.1, 0.15) is 10.4 Å². The molecule has 0 fully saturated rings. The second-order valence-electron chi connectivity index (χ2n) is 4.86. The number of hydrogen-bond acceptors (Lipinski definition) is 5. The van der Waals surface area contributed by atoms with Crippen molar-refractivity contribution in [1.29, 1.82) is 0 Å². The monoisotopic (exact) mass is 341 g/mol. The maximum Gasteiger partial charge on any atom is 0.385 e. The van der Waals surface area contributed by atoms with Crippen molar-refractivity contribution < 1.29 is 14.4 Å². The highest BCUT2D eigenvalue weighted by atomic mass is 32.2. The van der Waals surface area contributed by atoms with Crippen LogP contribution >= 0.6 is 11.8 Å². The summed E-state index contributed by atoms with van der Waals surface area (Å²) in [6.45, 7) is 0. The van der Waals surface area contributed by atoms with Gasteiger partial charge in [0, 0.05) is 17.7 Å². The minimum absolute atomic E-state index is 0.0339. The molecule has 0 amide bonds. The summed E-state index contributed by atoms with van der Waals surface area (Å²) in [4.78, 5) is 26.6. The molecule has 0 spiro atoms. The van der Waals surface area contributed by atoms with E-state index in [-0.39, 0.29) is 17.2 Å². The van der Waals surface area contributed by atoms with Crippen LogP contribution in [-0.2, 0) is 0 Å². The van der Waals surface area contributed by atoms with Crippen LogP contribution in [0.15, 0.2) is 66.1 Å². The Bertz CT molecular complexity index is 863. The molecule has 0 saturated carbocycles. The number of carbonyl (C=O) groups is 1. The van der Waals surface area contributed by atoms with E-state index in [1.54, 1.807) is 11.0 Å². The number of rotatable bonds is 6. The molecule has 0 atom stereocenters. The Labute approximate surface area is 141 Å². The van der Waals surface area contributed by atoms with Crippen LogP contribution < -0.4 is 4.68 Å². The second-order valence-corrected chi connectivity index (χ2v) is 5.80. The summed E-state index contributed by atoms with van der Waals surface area (Å²) < 4.78 is 1.79. The molecule has 7 nitrogen and oxygen atoms in total. The maximum atomic E-state index is 12.2. The number of thioether (sulfide) groups is 1. The zero-order valence-corrected chi connectivity index (χ0v) is 13.3. The number of nitro benzene ring substituents is 1. The van der Waals surface area contributed by atoms with Gasteiger partial charge in [0.2, 0.25) is 6.33 Å². The van der Waals surface area contributed by atoms with Crippen LogP contribution in [0.25, 0.3) is 5.69 Å². The van der Waals surface area contributed by atoms with Gasteiger partial charge in [-0.15, -0.1) is 4.68 Å². The number of para-hydroxylation sites is 1. The summed E-state index contributed by atoms with van der Waals surface area (Å²) in [5.41, 5.74) is 1.32. The van der Waals surface area contributed by atoms with Crippen LogP contribution in [0.5, 0.6) is 0 Å². The Morgan fingerprint density at radius 2 is 1.88 bits per heavy atom. The smallest absolute Gasteiger partial charge is 0.293 e. The molecule has 0 bridgehead atoms. The highest BCUT2D eigenvalue weighted by Crippen LogP contribution is 2.17. The topological polar surface area (TPSA) is 92.8 Å². The first-order chi connectivity index (χ1) is 11.6. The number of H-pyrrole nitrogens is 1. The molecule has 3 aromatic rings. The zero-order chi connectivity index (χ0) is 16.9. The number of aromatic nitrogens is 3. The summed E-state index contributed by atoms with van der Waals surface area (Å²) in [5, 5.41) is 14.3. The van der Waals surface area contributed by atoms with Gasteiger partial charge in [0.25, 0.3) is 5.69 Å². The number of aromatic amines is 1. The van der Waals surface area contributed by atoms with Gasteiger partial charge in [-0.05, 0) is 41.0 Å². The largest absolute Gasteiger partial charge is 0.385 e. The highest BCUT2D eigenvalue weighted by molar-refractivity contribution is 7.99. The van der Waals surface area contributed by atoms with Gasteiger partial charge in [-0.25, -0.2) is 0 Å². The summed E-state index contributed by atoms with van der Waals surface area (Å²) in [7, 11) is 0. The van der Waals surface area contributed by atoms with E-state index in [0.29, 0.717) is 10.7 Å². The molecule has 120 valence electrons. The minimum atomic E-state index is -0.491. The molecule has 0 aliphatic heterocycles. The third-order valence-electron chi connectivity index (χ3n) is 3.30. The molecule has 0 unspecified atom stereocenters. The van der Waals surface area contributed by atoms with E-state index in [2.05, 4.69) is 10.1 Å². The number of benzene rings is 2. The first-order valence-electron chi connectivity index (χ1n) is 7.06. The molecule has 1 heterocycles. The fraction of sp³-hybridized carbons (Fsp3) is 0.0625. The van der Waals surface area contributed by atoms with Crippen molar-refractivity contribution in [3.63, 3.8) is 0 Å². The lowest BCUT2D eigenvalue weighted by Crippen LogP contribution is -2.34. The van der Waals surface area contributed by atoms with Gasteiger partial charge >= 0.3 is 5.16 Å². The van der Waals surface area contributed by atoms with E-state index in [4.69, 9.17) is 0 Å². The number of carbonyl (C=O) groups excluding carboxylic acids is 1. The molecule has 8 heteroatoms. The number of nitrogens with zero attached hydrogens (tertiary/aromatic N) is 3. The van der Waals surface area contributed by atoms with Gasteiger partial charge < -0.3 is 0 Å². The quantitative estimate of drug-likeness (QED) is 0.244. The third-order valence-corrected chi connectivity index (χ3v) is 4.25. The summed E-state index contributed by atoms with van der Waals surface area (Å²) in [5.74, 6) is 0.0766. The van der Waals surface area contributed by atoms with Gasteiger partial charge in [-0.3, -0.25) is 14.9 Å². The van der Waals surface area contributed by atoms with E-state index < -0.39 is 4.92 Å². The fourth-order valence-corrected chi connectivity index (χ4v) is 2.94. The van der Waals surface area contributed by atoms with Gasteiger partial charge in [0.05, 0.1) is 10.7 Å². The van der Waals surface area contributed by atoms with Crippen molar-refractivity contribution in [2.45, 2.75) is 5.16 Å². The summed E-state index contributed by atoms with van der Waals surface area (Å²) in [6, 6.07) is 15.2. The fourth-order valence-electron chi connectivity index (χ4n) is 2.10. The minimum Gasteiger partial charge on any atom is -0.293 e. The van der Waals surface area contributed by atoms with E-state index in [0.717, 1.165) is 5.69 Å². The van der Waals surface area contributed by atoms with E-state index in [9.17, 15) is 14.9 Å². The van der Waals surface area contributed by atoms with Crippen LogP contribution in [0.2, 0.25) is 0 Å². The maximum absolute atomic E-state index is 12.2. The average Bonchev–Trinajstić information content (AvgIpc) is 3.09. The highest BCUT2D eigenvalue weighted by Gasteiger charge is 2.19. The van der Waals surface area contributed by atoms with Crippen molar-refractivity contribution in [3.05, 3.63) is 76.6 Å². The SMILES string of the molecule is O=C(CSc1nc[nH][n+]1-c1ccccc1)c1ccc([N+](=O)[O-])cc1. The Kier molecular flexibility index (Phi) is 4.66. The first kappa shape index (κ1) is 15.9. The number of Topliss-reactive ketones (excluding diaryl/α,β-unsaturated/α-hetero) is 1. The first-order valence-corrected chi connectivity index (χ1v) is 8.05. The lowest BCUT2D eigenvalue weighted by molar-refractivity contribution is -0.694. The van der Waals surface area contributed by atoms with Crippen molar-refractivity contribution in [3.8, 4) is 5.69 Å². The number of nitrogens with one attached hydrogen (secondary N) is 1. The Balaban J connectivity index is 1.69. The van der Waals surface area contributed by atoms with Gasteiger partial charge in [0.15, 0.2) is 11.5 Å². The molecule has 1 N–H and O–H groups in total. The number of ketones is 1. The van der Waals surface area contributed by atoms with E-state index in [1.165, 1.54) is 36.0 Å². The lowest BCUT2D eigenvalue weighted by Gasteiger charge is -2.00. The van der Waals surface area contributed by atoms with Crippen LogP contribution in [0, 0.1) is 10.1 Å². The van der Waals surface area contributed by atoms with Gasteiger partial charge in [0.1, 0.15) is 0 Å². The second kappa shape index (κ2) is 7.05. The lowest BCUT2D eigenvalue weighted by atomic mass is 10.1. The van der Waals surface area contributed by atoms with Gasteiger partial charge in [-0.1, -0.05) is 18.2 Å². The Morgan fingerprint density at radius 3 is 2.54 bits per heavy atom. The van der Waals surface area contributed by atoms with Crippen molar-refractivity contribution in [2.24, 2.45) is 0 Å². The van der Waals surface area contributed by atoms with Crippen molar-refractivity contribution in [2.75, 3.05) is 5.75 Å². The van der Waals surface area contributed by atoms with E-state index >= 15 is 0 Å². The Morgan fingerprint density at radius 1 is 1.17 bits per heavy atom. The standard InChI is InChI=1S/C16H12N4O3S/c21-15(12-6-8-14(9-7-12)20(22)23)10-24-16-17-11-18-19(16)13-4-2-1-3-5-13/h1-9,11H,10H2/p+1. The molecular formula is C16H13N4O3S+.